The molecule has 1 aromatic heterocycles. The summed E-state index contributed by atoms with van der Waals surface area (Å²) in [4.78, 5) is 22.2. The molecule has 1 amide bonds. The molecule has 1 fully saturated rings. The molecule has 168 valence electrons. The van der Waals surface area contributed by atoms with E-state index in [4.69, 9.17) is 14.5 Å². The first kappa shape index (κ1) is 21.3. The van der Waals surface area contributed by atoms with Gasteiger partial charge in [-0.25, -0.2) is 4.98 Å². The predicted molar refractivity (Wildman–Crippen MR) is 132 cm³/mol. The normalized spacial score (nSPS) is 13.8. The molecule has 0 atom stereocenters. The van der Waals surface area contributed by atoms with Crippen LogP contribution in [0.15, 0.2) is 72.8 Å². The standard InChI is InChI=1S/C26H25N3O3S/c1-2-31-20-12-13-22-24(18-20)33-26(27-22)29-16-14-28(15-17-29)25(30)21-10-6-7-11-23(21)32-19-8-4-3-5-9-19/h3-13,18H,2,14-17H2,1H3. The van der Waals surface area contributed by atoms with Crippen LogP contribution in [-0.2, 0) is 0 Å². The summed E-state index contributed by atoms with van der Waals surface area (Å²) in [6.45, 7) is 5.39. The number of para-hydroxylation sites is 2. The summed E-state index contributed by atoms with van der Waals surface area (Å²) in [6, 6.07) is 23.0. The first-order valence-corrected chi connectivity index (χ1v) is 11.9. The molecule has 4 aromatic rings. The fourth-order valence-corrected chi connectivity index (χ4v) is 4.95. The predicted octanol–water partition coefficient (Wildman–Crippen LogP) is 5.45. The van der Waals surface area contributed by atoms with E-state index in [1.54, 1.807) is 11.3 Å². The summed E-state index contributed by atoms with van der Waals surface area (Å²) in [6.07, 6.45) is 0. The van der Waals surface area contributed by atoms with Crippen molar-refractivity contribution in [2.45, 2.75) is 6.92 Å². The topological polar surface area (TPSA) is 54.9 Å². The molecule has 1 aliphatic heterocycles. The van der Waals surface area contributed by atoms with Crippen molar-refractivity contribution in [1.29, 1.82) is 0 Å². The van der Waals surface area contributed by atoms with Gasteiger partial charge >= 0.3 is 0 Å². The Labute approximate surface area is 197 Å². The number of piperazine rings is 1. The number of aromatic nitrogens is 1. The molecule has 0 unspecified atom stereocenters. The molecule has 0 N–H and O–H groups in total. The summed E-state index contributed by atoms with van der Waals surface area (Å²) in [7, 11) is 0. The van der Waals surface area contributed by atoms with Gasteiger partial charge < -0.3 is 19.3 Å². The molecule has 0 spiro atoms. The molecular formula is C26H25N3O3S. The van der Waals surface area contributed by atoms with E-state index >= 15 is 0 Å². The number of amides is 1. The summed E-state index contributed by atoms with van der Waals surface area (Å²) in [5, 5.41) is 0.985. The maximum atomic E-state index is 13.3. The van der Waals surface area contributed by atoms with Crippen molar-refractivity contribution in [1.82, 2.24) is 9.88 Å². The van der Waals surface area contributed by atoms with Gasteiger partial charge in [0.1, 0.15) is 17.2 Å². The van der Waals surface area contributed by atoms with Gasteiger partial charge in [0, 0.05) is 26.2 Å². The summed E-state index contributed by atoms with van der Waals surface area (Å²) >= 11 is 1.66. The number of fused-ring (bicyclic) bond motifs is 1. The Balaban J connectivity index is 1.27. The van der Waals surface area contributed by atoms with Crippen molar-refractivity contribution in [2.24, 2.45) is 0 Å². The number of thiazole rings is 1. The number of benzene rings is 3. The first-order chi connectivity index (χ1) is 16.2. The number of carbonyl (C=O) groups excluding carboxylic acids is 1. The third kappa shape index (κ3) is 4.64. The van der Waals surface area contributed by atoms with Crippen LogP contribution in [0.3, 0.4) is 0 Å². The van der Waals surface area contributed by atoms with Gasteiger partial charge in [0.05, 0.1) is 22.4 Å². The van der Waals surface area contributed by atoms with Crippen LogP contribution in [0.25, 0.3) is 10.2 Å². The number of anilines is 1. The number of hydrogen-bond donors (Lipinski definition) is 0. The minimum Gasteiger partial charge on any atom is -0.494 e. The molecule has 2 heterocycles. The summed E-state index contributed by atoms with van der Waals surface area (Å²) < 4.78 is 12.7. The Hall–Kier alpha value is -3.58. The minimum absolute atomic E-state index is 0.00756. The molecule has 6 nitrogen and oxygen atoms in total. The number of ether oxygens (including phenoxy) is 2. The number of nitrogens with zero attached hydrogens (tertiary/aromatic N) is 3. The van der Waals surface area contributed by atoms with Crippen LogP contribution in [0.2, 0.25) is 0 Å². The highest BCUT2D eigenvalue weighted by molar-refractivity contribution is 7.22. The molecule has 5 rings (SSSR count). The van der Waals surface area contributed by atoms with E-state index in [9.17, 15) is 4.79 Å². The molecule has 33 heavy (non-hydrogen) atoms. The summed E-state index contributed by atoms with van der Waals surface area (Å²) in [5.41, 5.74) is 1.56. The number of carbonyl (C=O) groups is 1. The number of hydrogen-bond acceptors (Lipinski definition) is 6. The second-order valence-electron chi connectivity index (χ2n) is 7.75. The minimum atomic E-state index is -0.00756. The van der Waals surface area contributed by atoms with Crippen molar-refractivity contribution in [3.8, 4) is 17.2 Å². The Morgan fingerprint density at radius 2 is 1.70 bits per heavy atom. The molecule has 0 saturated carbocycles. The van der Waals surface area contributed by atoms with Crippen LogP contribution >= 0.6 is 11.3 Å². The Morgan fingerprint density at radius 3 is 2.48 bits per heavy atom. The van der Waals surface area contributed by atoms with E-state index in [-0.39, 0.29) is 5.91 Å². The largest absolute Gasteiger partial charge is 0.494 e. The van der Waals surface area contributed by atoms with Gasteiger partial charge in [-0.05, 0) is 49.4 Å². The van der Waals surface area contributed by atoms with Crippen LogP contribution in [0.1, 0.15) is 17.3 Å². The van der Waals surface area contributed by atoms with E-state index < -0.39 is 0 Å². The SMILES string of the molecule is CCOc1ccc2nc(N3CCN(C(=O)c4ccccc4Oc4ccccc4)CC3)sc2c1. The van der Waals surface area contributed by atoms with Gasteiger partial charge in [-0.2, -0.15) is 0 Å². The van der Waals surface area contributed by atoms with Crippen LogP contribution in [-0.4, -0.2) is 48.6 Å². The van der Waals surface area contributed by atoms with Gasteiger partial charge in [0.25, 0.3) is 5.91 Å². The van der Waals surface area contributed by atoms with E-state index in [1.807, 2.05) is 84.6 Å². The lowest BCUT2D eigenvalue weighted by atomic mass is 10.1. The Bertz CT molecular complexity index is 1250. The Kier molecular flexibility index (Phi) is 6.13. The fourth-order valence-electron chi connectivity index (χ4n) is 3.90. The van der Waals surface area contributed by atoms with Crippen LogP contribution < -0.4 is 14.4 Å². The lowest BCUT2D eigenvalue weighted by molar-refractivity contribution is 0.0744. The lowest BCUT2D eigenvalue weighted by Gasteiger charge is -2.34. The summed E-state index contributed by atoms with van der Waals surface area (Å²) in [5.74, 6) is 2.15. The monoisotopic (exact) mass is 459 g/mol. The van der Waals surface area contributed by atoms with Crippen molar-refractivity contribution < 1.29 is 14.3 Å². The highest BCUT2D eigenvalue weighted by Crippen LogP contribution is 2.32. The molecule has 0 aliphatic carbocycles. The fraction of sp³-hybridized carbons (Fsp3) is 0.231. The zero-order valence-corrected chi connectivity index (χ0v) is 19.3. The Morgan fingerprint density at radius 1 is 0.939 bits per heavy atom. The van der Waals surface area contributed by atoms with Gasteiger partial charge in [0.15, 0.2) is 5.13 Å². The van der Waals surface area contributed by atoms with Crippen molar-refractivity contribution in [3.63, 3.8) is 0 Å². The second kappa shape index (κ2) is 9.50. The maximum Gasteiger partial charge on any atom is 0.257 e. The molecule has 0 bridgehead atoms. The van der Waals surface area contributed by atoms with E-state index in [0.717, 1.165) is 34.2 Å². The van der Waals surface area contributed by atoms with Gasteiger partial charge in [-0.15, -0.1) is 0 Å². The molecule has 1 saturated heterocycles. The van der Waals surface area contributed by atoms with Crippen molar-refractivity contribution in [3.05, 3.63) is 78.4 Å². The zero-order valence-electron chi connectivity index (χ0n) is 18.4. The quantitative estimate of drug-likeness (QED) is 0.384. The van der Waals surface area contributed by atoms with E-state index in [0.29, 0.717) is 36.8 Å². The molecule has 3 aromatic carbocycles. The average molecular weight is 460 g/mol. The molecule has 0 radical (unpaired) electrons. The first-order valence-electron chi connectivity index (χ1n) is 11.1. The third-order valence-electron chi connectivity index (χ3n) is 5.59. The van der Waals surface area contributed by atoms with Gasteiger partial charge in [-0.1, -0.05) is 41.7 Å². The van der Waals surface area contributed by atoms with E-state index in [2.05, 4.69) is 4.90 Å². The average Bonchev–Trinajstić information content (AvgIpc) is 3.28. The highest BCUT2D eigenvalue weighted by Gasteiger charge is 2.26. The number of rotatable bonds is 6. The van der Waals surface area contributed by atoms with Crippen LogP contribution in [0, 0.1) is 0 Å². The molecule has 1 aliphatic rings. The lowest BCUT2D eigenvalue weighted by Crippen LogP contribution is -2.48. The van der Waals surface area contributed by atoms with Gasteiger partial charge in [0.2, 0.25) is 0 Å². The van der Waals surface area contributed by atoms with E-state index in [1.165, 1.54) is 0 Å². The molecule has 7 heteroatoms. The van der Waals surface area contributed by atoms with Gasteiger partial charge in [-0.3, -0.25) is 4.79 Å². The third-order valence-corrected chi connectivity index (χ3v) is 6.66. The second-order valence-corrected chi connectivity index (χ2v) is 8.76. The highest BCUT2D eigenvalue weighted by atomic mass is 32.1. The molecular weight excluding hydrogens is 434 g/mol. The maximum absolute atomic E-state index is 13.3. The zero-order chi connectivity index (χ0) is 22.6. The smallest absolute Gasteiger partial charge is 0.257 e. The van der Waals surface area contributed by atoms with Crippen molar-refractivity contribution in [2.75, 3.05) is 37.7 Å². The van der Waals surface area contributed by atoms with Crippen LogP contribution in [0.4, 0.5) is 5.13 Å². The van der Waals surface area contributed by atoms with Crippen LogP contribution in [0.5, 0.6) is 17.2 Å². The van der Waals surface area contributed by atoms with Crippen molar-refractivity contribution >= 4 is 32.6 Å².